The van der Waals surface area contributed by atoms with Crippen LogP contribution in [0.2, 0.25) is 0 Å². The zero-order chi connectivity index (χ0) is 18.7. The van der Waals surface area contributed by atoms with Gasteiger partial charge < -0.3 is 21.1 Å². The first-order chi connectivity index (χ1) is 12.5. The number of ether oxygens (including phenoxy) is 1. The number of carbonyl (C=O) groups excluding carboxylic acids is 1. The van der Waals surface area contributed by atoms with E-state index in [4.69, 9.17) is 21.5 Å². The standard InChI is InChI=1S/C19H19N5O2/c1-26-17-9-12(10-20)5-6-15(17)14-4-2-3-13-7-8-24(11-16(13)14)19(25)23-18(21)22/h2-6,9H,7-8,11H2,1H3,(H4,21,22,23,25). The van der Waals surface area contributed by atoms with Crippen LogP contribution in [-0.4, -0.2) is 30.5 Å². The number of nitrogens with two attached hydrogens (primary N) is 2. The molecule has 7 heteroatoms. The van der Waals surface area contributed by atoms with Crippen molar-refractivity contribution in [2.45, 2.75) is 13.0 Å². The second-order valence-corrected chi connectivity index (χ2v) is 5.96. The lowest BCUT2D eigenvalue weighted by atomic mass is 9.90. The number of methoxy groups -OCH3 is 1. The maximum absolute atomic E-state index is 12.2. The SMILES string of the molecule is COc1cc(C#N)ccc1-c1cccc2c1CN(C(=O)N=C(N)N)CC2. The van der Waals surface area contributed by atoms with Gasteiger partial charge in [0.1, 0.15) is 5.75 Å². The number of guanidine groups is 1. The van der Waals surface area contributed by atoms with Crippen LogP contribution in [0, 0.1) is 11.3 Å². The average Bonchev–Trinajstić information content (AvgIpc) is 2.66. The molecule has 0 radical (unpaired) electrons. The quantitative estimate of drug-likeness (QED) is 0.635. The number of aliphatic imine (C=N–C) groups is 1. The summed E-state index contributed by atoms with van der Waals surface area (Å²) >= 11 is 0. The molecule has 0 aromatic heterocycles. The summed E-state index contributed by atoms with van der Waals surface area (Å²) in [4.78, 5) is 17.4. The van der Waals surface area contributed by atoms with Gasteiger partial charge in [0.2, 0.25) is 0 Å². The predicted molar refractivity (Wildman–Crippen MR) is 98.5 cm³/mol. The van der Waals surface area contributed by atoms with E-state index in [2.05, 4.69) is 17.1 Å². The average molecular weight is 349 g/mol. The molecular weight excluding hydrogens is 330 g/mol. The van der Waals surface area contributed by atoms with Gasteiger partial charge in [-0.25, -0.2) is 4.79 Å². The summed E-state index contributed by atoms with van der Waals surface area (Å²) in [5.41, 5.74) is 15.2. The lowest BCUT2D eigenvalue weighted by Gasteiger charge is -2.29. The van der Waals surface area contributed by atoms with Gasteiger partial charge in [-0.05, 0) is 41.3 Å². The highest BCUT2D eigenvalue weighted by Gasteiger charge is 2.24. The number of nitriles is 1. The molecule has 1 heterocycles. The van der Waals surface area contributed by atoms with Crippen molar-refractivity contribution in [1.29, 1.82) is 5.26 Å². The van der Waals surface area contributed by atoms with Gasteiger partial charge in [0.15, 0.2) is 5.96 Å². The summed E-state index contributed by atoms with van der Waals surface area (Å²) in [6.07, 6.45) is 0.716. The van der Waals surface area contributed by atoms with Crippen molar-refractivity contribution in [2.24, 2.45) is 16.5 Å². The molecule has 2 aromatic rings. The highest BCUT2D eigenvalue weighted by molar-refractivity contribution is 5.90. The molecule has 4 N–H and O–H groups in total. The van der Waals surface area contributed by atoms with Crippen molar-refractivity contribution in [3.05, 3.63) is 53.1 Å². The zero-order valence-corrected chi connectivity index (χ0v) is 14.4. The first kappa shape index (κ1) is 17.3. The van der Waals surface area contributed by atoms with Crippen molar-refractivity contribution in [1.82, 2.24) is 4.90 Å². The van der Waals surface area contributed by atoms with E-state index in [-0.39, 0.29) is 5.96 Å². The number of fused-ring (bicyclic) bond motifs is 1. The minimum Gasteiger partial charge on any atom is -0.496 e. The highest BCUT2D eigenvalue weighted by Crippen LogP contribution is 2.36. The van der Waals surface area contributed by atoms with Crippen molar-refractivity contribution in [3.63, 3.8) is 0 Å². The van der Waals surface area contributed by atoms with Gasteiger partial charge in [-0.15, -0.1) is 0 Å². The number of carbonyl (C=O) groups is 1. The zero-order valence-electron chi connectivity index (χ0n) is 14.4. The minimum atomic E-state index is -0.447. The molecule has 2 amide bonds. The Morgan fingerprint density at radius 3 is 2.77 bits per heavy atom. The van der Waals surface area contributed by atoms with Crippen molar-refractivity contribution in [3.8, 4) is 22.9 Å². The largest absolute Gasteiger partial charge is 0.496 e. The number of rotatable bonds is 2. The van der Waals surface area contributed by atoms with E-state index in [0.717, 1.165) is 16.7 Å². The molecule has 26 heavy (non-hydrogen) atoms. The summed E-state index contributed by atoms with van der Waals surface area (Å²) < 4.78 is 5.47. The van der Waals surface area contributed by atoms with E-state index in [1.807, 2.05) is 18.2 Å². The molecule has 0 fully saturated rings. The van der Waals surface area contributed by atoms with Crippen molar-refractivity contribution >= 4 is 12.0 Å². The number of hydrogen-bond donors (Lipinski definition) is 2. The van der Waals surface area contributed by atoms with Crippen LogP contribution in [0.3, 0.4) is 0 Å². The topological polar surface area (TPSA) is 118 Å². The predicted octanol–water partition coefficient (Wildman–Crippen LogP) is 1.99. The third kappa shape index (κ3) is 3.30. The Hall–Kier alpha value is -3.53. The van der Waals surface area contributed by atoms with Crippen LogP contribution in [0.4, 0.5) is 4.79 Å². The lowest BCUT2D eigenvalue weighted by molar-refractivity contribution is 0.203. The van der Waals surface area contributed by atoms with Crippen molar-refractivity contribution < 1.29 is 9.53 Å². The van der Waals surface area contributed by atoms with Crippen molar-refractivity contribution in [2.75, 3.05) is 13.7 Å². The monoisotopic (exact) mass is 349 g/mol. The van der Waals surface area contributed by atoms with E-state index in [1.165, 1.54) is 5.56 Å². The molecule has 0 saturated heterocycles. The van der Waals surface area contributed by atoms with Gasteiger partial charge in [-0.3, -0.25) is 0 Å². The Bertz CT molecular complexity index is 926. The van der Waals surface area contributed by atoms with E-state index in [1.54, 1.807) is 24.1 Å². The normalized spacial score (nSPS) is 12.7. The number of nitrogens with zero attached hydrogens (tertiary/aromatic N) is 3. The summed E-state index contributed by atoms with van der Waals surface area (Å²) in [7, 11) is 1.57. The fourth-order valence-corrected chi connectivity index (χ4v) is 3.16. The van der Waals surface area contributed by atoms with Gasteiger partial charge in [-0.1, -0.05) is 18.2 Å². The molecule has 0 spiro atoms. The van der Waals surface area contributed by atoms with Crippen LogP contribution in [0.1, 0.15) is 16.7 Å². The minimum absolute atomic E-state index is 0.247. The molecule has 1 aliphatic rings. The van der Waals surface area contributed by atoms with Crippen LogP contribution in [-0.2, 0) is 13.0 Å². The van der Waals surface area contributed by atoms with Crippen LogP contribution < -0.4 is 16.2 Å². The van der Waals surface area contributed by atoms with Gasteiger partial charge in [-0.2, -0.15) is 10.3 Å². The van der Waals surface area contributed by atoms with Crippen LogP contribution in [0.15, 0.2) is 41.4 Å². The van der Waals surface area contributed by atoms with Gasteiger partial charge >= 0.3 is 6.03 Å². The van der Waals surface area contributed by atoms with E-state index >= 15 is 0 Å². The molecule has 3 rings (SSSR count). The molecule has 7 nitrogen and oxygen atoms in total. The van der Waals surface area contributed by atoms with Crippen LogP contribution in [0.25, 0.3) is 11.1 Å². The maximum atomic E-state index is 12.2. The highest BCUT2D eigenvalue weighted by atomic mass is 16.5. The smallest absolute Gasteiger partial charge is 0.347 e. The Balaban J connectivity index is 2.04. The van der Waals surface area contributed by atoms with Gasteiger partial charge in [0.05, 0.1) is 18.7 Å². The maximum Gasteiger partial charge on any atom is 0.347 e. The Morgan fingerprint density at radius 1 is 1.27 bits per heavy atom. The van der Waals surface area contributed by atoms with E-state index in [9.17, 15) is 4.79 Å². The summed E-state index contributed by atoms with van der Waals surface area (Å²) in [6.45, 7) is 0.959. The molecular formula is C19H19N5O2. The first-order valence-electron chi connectivity index (χ1n) is 8.11. The lowest BCUT2D eigenvalue weighted by Crippen LogP contribution is -2.36. The van der Waals surface area contributed by atoms with E-state index in [0.29, 0.717) is 30.8 Å². The van der Waals surface area contributed by atoms with Crippen LogP contribution >= 0.6 is 0 Å². The van der Waals surface area contributed by atoms with Gasteiger partial charge in [0.25, 0.3) is 0 Å². The third-order valence-electron chi connectivity index (χ3n) is 4.39. The Labute approximate surface area is 151 Å². The summed E-state index contributed by atoms with van der Waals surface area (Å²) in [6, 6.07) is 13.0. The molecule has 0 bridgehead atoms. The molecule has 0 unspecified atom stereocenters. The second kappa shape index (κ2) is 7.15. The molecule has 1 aliphatic heterocycles. The van der Waals surface area contributed by atoms with Gasteiger partial charge in [0, 0.05) is 18.7 Å². The third-order valence-corrected chi connectivity index (χ3v) is 4.39. The number of hydrogen-bond acceptors (Lipinski definition) is 3. The first-order valence-corrected chi connectivity index (χ1v) is 8.11. The molecule has 0 atom stereocenters. The molecule has 2 aromatic carbocycles. The number of amides is 2. The Kier molecular flexibility index (Phi) is 4.76. The number of benzene rings is 2. The van der Waals surface area contributed by atoms with E-state index < -0.39 is 6.03 Å². The summed E-state index contributed by atoms with van der Waals surface area (Å²) in [5, 5.41) is 9.10. The second-order valence-electron chi connectivity index (χ2n) is 5.96. The summed E-state index contributed by atoms with van der Waals surface area (Å²) in [5.74, 6) is 0.368. The van der Waals surface area contributed by atoms with Crippen LogP contribution in [0.5, 0.6) is 5.75 Å². The fourth-order valence-electron chi connectivity index (χ4n) is 3.16. The molecule has 132 valence electrons. The number of urea groups is 1. The Morgan fingerprint density at radius 2 is 2.08 bits per heavy atom. The fraction of sp³-hybridized carbons (Fsp3) is 0.211. The molecule has 0 saturated carbocycles. The molecule has 0 aliphatic carbocycles.